The molecule has 1 aromatic heterocycles. The van der Waals surface area contributed by atoms with E-state index in [9.17, 15) is 0 Å². The van der Waals surface area contributed by atoms with Gasteiger partial charge in [-0.2, -0.15) is 0 Å². The van der Waals surface area contributed by atoms with Gasteiger partial charge in [0, 0.05) is 31.2 Å². The Morgan fingerprint density at radius 1 is 1.00 bits per heavy atom. The molecule has 2 aromatic rings. The van der Waals surface area contributed by atoms with Crippen molar-refractivity contribution < 1.29 is 14.2 Å². The van der Waals surface area contributed by atoms with E-state index in [0.717, 1.165) is 61.3 Å². The molecule has 2 aliphatic rings. The quantitative estimate of drug-likeness (QED) is 0.836. The normalized spacial score (nSPS) is 21.1. The van der Waals surface area contributed by atoms with Crippen molar-refractivity contribution in [2.75, 3.05) is 27.4 Å². The van der Waals surface area contributed by atoms with Crippen LogP contribution in [0.4, 0.5) is 0 Å². The SMILES string of the molecule is COc1ccc(-c2nnc3n2CCCCC3C2CCOCC2)cc1OC. The van der Waals surface area contributed by atoms with E-state index < -0.39 is 0 Å². The van der Waals surface area contributed by atoms with Crippen molar-refractivity contribution in [1.29, 1.82) is 0 Å². The molecule has 26 heavy (non-hydrogen) atoms. The minimum absolute atomic E-state index is 0.489. The molecule has 1 atom stereocenters. The largest absolute Gasteiger partial charge is 0.493 e. The van der Waals surface area contributed by atoms with Crippen molar-refractivity contribution in [2.45, 2.75) is 44.6 Å². The highest BCUT2D eigenvalue weighted by Gasteiger charge is 2.31. The molecule has 1 saturated heterocycles. The Morgan fingerprint density at radius 3 is 2.58 bits per heavy atom. The van der Waals surface area contributed by atoms with E-state index in [2.05, 4.69) is 14.8 Å². The molecule has 4 rings (SSSR count). The van der Waals surface area contributed by atoms with E-state index in [4.69, 9.17) is 14.2 Å². The standard InChI is InChI=1S/C20H27N3O3/c1-24-17-7-6-15(13-18(17)25-2)19-21-22-20-16(5-3-4-10-23(19)20)14-8-11-26-12-9-14/h6-7,13-14,16H,3-5,8-12H2,1-2H3. The van der Waals surface area contributed by atoms with Crippen LogP contribution in [-0.2, 0) is 11.3 Å². The molecule has 0 N–H and O–H groups in total. The van der Waals surface area contributed by atoms with E-state index in [0.29, 0.717) is 11.8 Å². The summed E-state index contributed by atoms with van der Waals surface area (Å²) in [5.41, 5.74) is 1.02. The summed E-state index contributed by atoms with van der Waals surface area (Å²) in [4.78, 5) is 0. The van der Waals surface area contributed by atoms with Crippen LogP contribution < -0.4 is 9.47 Å². The summed E-state index contributed by atoms with van der Waals surface area (Å²) in [6.45, 7) is 2.72. The van der Waals surface area contributed by atoms with Crippen LogP contribution in [0.2, 0.25) is 0 Å². The number of methoxy groups -OCH3 is 2. The van der Waals surface area contributed by atoms with Gasteiger partial charge in [-0.3, -0.25) is 0 Å². The zero-order chi connectivity index (χ0) is 17.9. The number of aromatic nitrogens is 3. The monoisotopic (exact) mass is 357 g/mol. The second kappa shape index (κ2) is 7.66. The molecule has 6 nitrogen and oxygen atoms in total. The van der Waals surface area contributed by atoms with E-state index in [1.807, 2.05) is 18.2 Å². The smallest absolute Gasteiger partial charge is 0.164 e. The Morgan fingerprint density at radius 2 is 1.81 bits per heavy atom. The third-order valence-corrected chi connectivity index (χ3v) is 5.73. The molecule has 0 spiro atoms. The summed E-state index contributed by atoms with van der Waals surface area (Å²) in [6.07, 6.45) is 5.88. The topological polar surface area (TPSA) is 58.4 Å². The summed E-state index contributed by atoms with van der Waals surface area (Å²) in [5, 5.41) is 9.22. The third kappa shape index (κ3) is 3.18. The zero-order valence-corrected chi connectivity index (χ0v) is 15.6. The molecule has 1 aromatic carbocycles. The molecule has 0 bridgehead atoms. The number of nitrogens with zero attached hydrogens (tertiary/aromatic N) is 3. The maximum Gasteiger partial charge on any atom is 0.164 e. The summed E-state index contributed by atoms with van der Waals surface area (Å²) >= 11 is 0. The average molecular weight is 357 g/mol. The number of hydrogen-bond acceptors (Lipinski definition) is 5. The molecule has 1 fully saturated rings. The van der Waals surface area contributed by atoms with Crippen molar-refractivity contribution >= 4 is 0 Å². The van der Waals surface area contributed by atoms with Crippen LogP contribution in [0.1, 0.15) is 43.8 Å². The van der Waals surface area contributed by atoms with Gasteiger partial charge in [-0.25, -0.2) is 0 Å². The van der Waals surface area contributed by atoms with Crippen molar-refractivity contribution in [3.8, 4) is 22.9 Å². The molecule has 2 aliphatic heterocycles. The second-order valence-corrected chi connectivity index (χ2v) is 7.16. The Hall–Kier alpha value is -2.08. The number of ether oxygens (including phenoxy) is 3. The van der Waals surface area contributed by atoms with Gasteiger partial charge in [0.05, 0.1) is 14.2 Å². The van der Waals surface area contributed by atoms with Gasteiger partial charge in [-0.15, -0.1) is 10.2 Å². The third-order valence-electron chi connectivity index (χ3n) is 5.73. The minimum Gasteiger partial charge on any atom is -0.493 e. The molecule has 6 heteroatoms. The van der Waals surface area contributed by atoms with Gasteiger partial charge >= 0.3 is 0 Å². The summed E-state index contributed by atoms with van der Waals surface area (Å²) in [6, 6.07) is 5.96. The minimum atomic E-state index is 0.489. The summed E-state index contributed by atoms with van der Waals surface area (Å²) < 4.78 is 18.7. The molecule has 0 radical (unpaired) electrons. The van der Waals surface area contributed by atoms with Crippen LogP contribution in [0.25, 0.3) is 11.4 Å². The van der Waals surface area contributed by atoms with Crippen LogP contribution in [0.15, 0.2) is 18.2 Å². The lowest BCUT2D eigenvalue weighted by atomic mass is 9.82. The van der Waals surface area contributed by atoms with E-state index >= 15 is 0 Å². The van der Waals surface area contributed by atoms with Crippen molar-refractivity contribution in [1.82, 2.24) is 14.8 Å². The number of benzene rings is 1. The number of fused-ring (bicyclic) bond motifs is 1. The van der Waals surface area contributed by atoms with Crippen LogP contribution in [-0.4, -0.2) is 42.2 Å². The highest BCUT2D eigenvalue weighted by atomic mass is 16.5. The van der Waals surface area contributed by atoms with Gasteiger partial charge in [0.2, 0.25) is 0 Å². The van der Waals surface area contributed by atoms with Gasteiger partial charge in [0.1, 0.15) is 5.82 Å². The molecule has 0 aliphatic carbocycles. The Kier molecular flexibility index (Phi) is 5.11. The van der Waals surface area contributed by atoms with E-state index in [1.165, 1.54) is 19.3 Å². The Bertz CT molecular complexity index is 753. The van der Waals surface area contributed by atoms with Crippen molar-refractivity contribution in [2.24, 2.45) is 5.92 Å². The lowest BCUT2D eigenvalue weighted by Gasteiger charge is -2.29. The predicted molar refractivity (Wildman–Crippen MR) is 98.7 cm³/mol. The number of hydrogen-bond donors (Lipinski definition) is 0. The molecule has 140 valence electrons. The van der Waals surface area contributed by atoms with Crippen molar-refractivity contribution in [3.63, 3.8) is 0 Å². The maximum atomic E-state index is 5.56. The van der Waals surface area contributed by atoms with Crippen LogP contribution in [0.3, 0.4) is 0 Å². The molecule has 3 heterocycles. The lowest BCUT2D eigenvalue weighted by molar-refractivity contribution is 0.0556. The average Bonchev–Trinajstić information content (AvgIpc) is 3.00. The van der Waals surface area contributed by atoms with Crippen molar-refractivity contribution in [3.05, 3.63) is 24.0 Å². The summed E-state index contributed by atoms with van der Waals surface area (Å²) in [7, 11) is 3.31. The first-order valence-corrected chi connectivity index (χ1v) is 9.55. The van der Waals surface area contributed by atoms with Gasteiger partial charge < -0.3 is 18.8 Å². The molecular weight excluding hydrogens is 330 g/mol. The highest BCUT2D eigenvalue weighted by molar-refractivity contribution is 5.61. The zero-order valence-electron chi connectivity index (χ0n) is 15.6. The predicted octanol–water partition coefficient (Wildman–Crippen LogP) is 3.66. The first kappa shape index (κ1) is 17.3. The molecular formula is C20H27N3O3. The molecule has 1 unspecified atom stereocenters. The van der Waals surface area contributed by atoms with E-state index in [-0.39, 0.29) is 0 Å². The maximum absolute atomic E-state index is 5.56. The lowest BCUT2D eigenvalue weighted by Crippen LogP contribution is -2.23. The van der Waals surface area contributed by atoms with Gasteiger partial charge in [0.15, 0.2) is 17.3 Å². The first-order chi connectivity index (χ1) is 12.8. The fourth-order valence-electron chi connectivity index (χ4n) is 4.33. The van der Waals surface area contributed by atoms with Crippen LogP contribution in [0, 0.1) is 5.92 Å². The van der Waals surface area contributed by atoms with Gasteiger partial charge in [0.25, 0.3) is 0 Å². The van der Waals surface area contributed by atoms with Gasteiger partial charge in [-0.1, -0.05) is 6.42 Å². The molecule has 0 saturated carbocycles. The van der Waals surface area contributed by atoms with E-state index in [1.54, 1.807) is 14.2 Å². The number of rotatable bonds is 4. The highest BCUT2D eigenvalue weighted by Crippen LogP contribution is 2.39. The fraction of sp³-hybridized carbons (Fsp3) is 0.600. The molecule has 0 amide bonds. The van der Waals surface area contributed by atoms with Gasteiger partial charge in [-0.05, 0) is 49.8 Å². The summed E-state index contributed by atoms with van der Waals surface area (Å²) in [5.74, 6) is 4.67. The second-order valence-electron chi connectivity index (χ2n) is 7.16. The fourth-order valence-corrected chi connectivity index (χ4v) is 4.33. The first-order valence-electron chi connectivity index (χ1n) is 9.55. The van der Waals surface area contributed by atoms with Crippen LogP contribution >= 0.6 is 0 Å². The van der Waals surface area contributed by atoms with Crippen LogP contribution in [0.5, 0.6) is 11.5 Å². The Labute approximate surface area is 154 Å². The Balaban J connectivity index is 1.70.